The summed E-state index contributed by atoms with van der Waals surface area (Å²) in [6, 6.07) is 8.31. The maximum absolute atomic E-state index is 5.86. The fourth-order valence-electron chi connectivity index (χ4n) is 1.81. The van der Waals surface area contributed by atoms with Crippen LogP contribution in [0.3, 0.4) is 0 Å². The molecule has 1 heterocycles. The smallest absolute Gasteiger partial charge is 0.182 e. The van der Waals surface area contributed by atoms with Crippen LogP contribution in [0, 0.1) is 0 Å². The number of hydrogen-bond donors (Lipinski definition) is 1. The number of thiazole rings is 1. The Bertz CT molecular complexity index is 558. The van der Waals surface area contributed by atoms with Gasteiger partial charge in [0.15, 0.2) is 5.13 Å². The monoisotopic (exact) mass is 290 g/mol. The summed E-state index contributed by atoms with van der Waals surface area (Å²) in [5.74, 6) is 0.913. The van der Waals surface area contributed by atoms with Crippen LogP contribution in [0.25, 0.3) is 0 Å². The highest BCUT2D eigenvalue weighted by Gasteiger charge is 2.14. The molecular weight excluding hydrogens is 268 g/mol. The molecule has 0 spiro atoms. The number of ether oxygens (including phenoxy) is 1. The van der Waals surface area contributed by atoms with Gasteiger partial charge in [0.1, 0.15) is 12.4 Å². The number of rotatable bonds is 5. The van der Waals surface area contributed by atoms with Crippen LogP contribution in [0.4, 0.5) is 5.13 Å². The maximum atomic E-state index is 5.86. The van der Waals surface area contributed by atoms with Crippen LogP contribution in [0.1, 0.15) is 38.1 Å². The molecule has 0 unspecified atom stereocenters. The summed E-state index contributed by atoms with van der Waals surface area (Å²) in [7, 11) is 0. The molecule has 1 aromatic carbocycles. The van der Waals surface area contributed by atoms with Crippen molar-refractivity contribution in [2.24, 2.45) is 0 Å². The highest BCUT2D eigenvalue weighted by molar-refractivity contribution is 7.15. The van der Waals surface area contributed by atoms with E-state index < -0.39 is 0 Å². The average Bonchev–Trinajstić information content (AvgIpc) is 2.84. The third-order valence-electron chi connectivity index (χ3n) is 2.96. The molecule has 0 fully saturated rings. The Morgan fingerprint density at radius 2 is 2.10 bits per heavy atom. The van der Waals surface area contributed by atoms with Crippen molar-refractivity contribution in [3.05, 3.63) is 40.9 Å². The predicted octanol–water partition coefficient (Wildman–Crippen LogP) is 4.45. The lowest BCUT2D eigenvalue weighted by molar-refractivity contribution is 0.308. The summed E-state index contributed by atoms with van der Waals surface area (Å²) in [4.78, 5) is 5.43. The van der Waals surface area contributed by atoms with E-state index in [2.05, 4.69) is 50.1 Å². The first-order valence-corrected chi connectivity index (χ1v) is 7.72. The van der Waals surface area contributed by atoms with Crippen LogP contribution in [-0.4, -0.2) is 11.5 Å². The molecule has 0 aliphatic rings. The normalized spacial score (nSPS) is 11.4. The molecule has 0 radical (unpaired) electrons. The van der Waals surface area contributed by atoms with Crippen molar-refractivity contribution >= 4 is 16.5 Å². The largest absolute Gasteiger partial charge is 0.488 e. The van der Waals surface area contributed by atoms with E-state index in [9.17, 15) is 0 Å². The highest BCUT2D eigenvalue weighted by atomic mass is 32.1. The van der Waals surface area contributed by atoms with E-state index in [4.69, 9.17) is 4.74 Å². The van der Waals surface area contributed by atoms with Crippen molar-refractivity contribution in [1.82, 2.24) is 4.98 Å². The van der Waals surface area contributed by atoms with E-state index in [1.54, 1.807) is 11.3 Å². The Balaban J connectivity index is 1.99. The van der Waals surface area contributed by atoms with E-state index in [0.29, 0.717) is 6.61 Å². The Hall–Kier alpha value is -1.55. The van der Waals surface area contributed by atoms with Gasteiger partial charge >= 0.3 is 0 Å². The first kappa shape index (κ1) is 14.9. The summed E-state index contributed by atoms with van der Waals surface area (Å²) >= 11 is 1.64. The zero-order valence-electron chi connectivity index (χ0n) is 12.6. The second kappa shape index (κ2) is 6.27. The molecule has 0 bridgehead atoms. The lowest BCUT2D eigenvalue weighted by Gasteiger charge is -2.19. The third-order valence-corrected chi connectivity index (χ3v) is 3.89. The van der Waals surface area contributed by atoms with Gasteiger partial charge in [0.2, 0.25) is 0 Å². The van der Waals surface area contributed by atoms with Crippen LogP contribution >= 0.6 is 11.3 Å². The fourth-order valence-corrected chi connectivity index (χ4v) is 2.61. The van der Waals surface area contributed by atoms with Crippen molar-refractivity contribution < 1.29 is 4.74 Å². The number of nitrogens with one attached hydrogen (secondary N) is 1. The molecule has 4 heteroatoms. The van der Waals surface area contributed by atoms with Crippen LogP contribution in [0.15, 0.2) is 30.5 Å². The number of anilines is 1. The number of hydrogen-bond acceptors (Lipinski definition) is 4. The van der Waals surface area contributed by atoms with Gasteiger partial charge in [-0.15, -0.1) is 0 Å². The molecule has 1 N–H and O–H groups in total. The van der Waals surface area contributed by atoms with Crippen LogP contribution in [0.2, 0.25) is 0 Å². The highest BCUT2D eigenvalue weighted by Crippen LogP contribution is 2.26. The summed E-state index contributed by atoms with van der Waals surface area (Å²) in [5, 5.41) is 4.16. The SMILES string of the molecule is CCNc1ncc(COc2cccc(C(C)(C)C)c2)s1. The summed E-state index contributed by atoms with van der Waals surface area (Å²) in [6.07, 6.45) is 1.87. The fraction of sp³-hybridized carbons (Fsp3) is 0.438. The zero-order valence-corrected chi connectivity index (χ0v) is 13.4. The lowest BCUT2D eigenvalue weighted by atomic mass is 9.87. The average molecular weight is 290 g/mol. The van der Waals surface area contributed by atoms with E-state index in [-0.39, 0.29) is 5.41 Å². The Labute approximate surface area is 125 Å². The molecule has 108 valence electrons. The molecule has 0 saturated carbocycles. The standard InChI is InChI=1S/C16H22N2OS/c1-5-17-15-18-10-14(20-15)11-19-13-8-6-7-12(9-13)16(2,3)4/h6-10H,5,11H2,1-4H3,(H,17,18). The lowest BCUT2D eigenvalue weighted by Crippen LogP contribution is -2.10. The number of benzene rings is 1. The first-order chi connectivity index (χ1) is 9.49. The molecule has 2 aromatic rings. The molecule has 0 saturated heterocycles. The maximum Gasteiger partial charge on any atom is 0.182 e. The molecule has 0 aliphatic heterocycles. The third kappa shape index (κ3) is 3.97. The van der Waals surface area contributed by atoms with Gasteiger partial charge in [-0.3, -0.25) is 0 Å². The van der Waals surface area contributed by atoms with Gasteiger partial charge in [0.05, 0.1) is 4.88 Å². The second-order valence-corrected chi connectivity index (χ2v) is 6.84. The van der Waals surface area contributed by atoms with Gasteiger partial charge in [0.25, 0.3) is 0 Å². The molecule has 0 atom stereocenters. The van der Waals surface area contributed by atoms with Crippen molar-refractivity contribution in [3.8, 4) is 5.75 Å². The topological polar surface area (TPSA) is 34.2 Å². The van der Waals surface area contributed by atoms with Crippen LogP contribution in [-0.2, 0) is 12.0 Å². The first-order valence-electron chi connectivity index (χ1n) is 6.91. The van der Waals surface area contributed by atoms with Crippen molar-refractivity contribution in [1.29, 1.82) is 0 Å². The van der Waals surface area contributed by atoms with Gasteiger partial charge in [-0.2, -0.15) is 0 Å². The minimum Gasteiger partial charge on any atom is -0.488 e. The number of aromatic nitrogens is 1. The van der Waals surface area contributed by atoms with E-state index in [1.807, 2.05) is 18.3 Å². The summed E-state index contributed by atoms with van der Waals surface area (Å²) in [6.45, 7) is 10.1. The quantitative estimate of drug-likeness (QED) is 0.883. The van der Waals surface area contributed by atoms with E-state index in [1.165, 1.54) is 5.56 Å². The minimum atomic E-state index is 0.141. The van der Waals surface area contributed by atoms with Crippen molar-refractivity contribution in [2.75, 3.05) is 11.9 Å². The predicted molar refractivity (Wildman–Crippen MR) is 85.8 cm³/mol. The van der Waals surface area contributed by atoms with Gasteiger partial charge in [-0.25, -0.2) is 4.98 Å². The summed E-state index contributed by atoms with van der Waals surface area (Å²) < 4.78 is 5.86. The Morgan fingerprint density at radius 3 is 2.80 bits per heavy atom. The molecule has 3 nitrogen and oxygen atoms in total. The van der Waals surface area contributed by atoms with Gasteiger partial charge in [-0.05, 0) is 30.0 Å². The zero-order chi connectivity index (χ0) is 14.6. The van der Waals surface area contributed by atoms with Gasteiger partial charge in [-0.1, -0.05) is 44.2 Å². The van der Waals surface area contributed by atoms with E-state index >= 15 is 0 Å². The van der Waals surface area contributed by atoms with Crippen molar-refractivity contribution in [2.45, 2.75) is 39.7 Å². The van der Waals surface area contributed by atoms with Gasteiger partial charge in [0, 0.05) is 12.7 Å². The van der Waals surface area contributed by atoms with Crippen LogP contribution < -0.4 is 10.1 Å². The molecule has 1 aromatic heterocycles. The Morgan fingerprint density at radius 1 is 1.30 bits per heavy atom. The number of nitrogens with zero attached hydrogens (tertiary/aromatic N) is 1. The van der Waals surface area contributed by atoms with Crippen LogP contribution in [0.5, 0.6) is 5.75 Å². The summed E-state index contributed by atoms with van der Waals surface area (Å²) in [5.41, 5.74) is 1.43. The second-order valence-electron chi connectivity index (χ2n) is 5.73. The van der Waals surface area contributed by atoms with Gasteiger partial charge < -0.3 is 10.1 Å². The molecule has 2 rings (SSSR count). The molecule has 20 heavy (non-hydrogen) atoms. The molecular formula is C16H22N2OS. The molecule has 0 aliphatic carbocycles. The Kier molecular flexibility index (Phi) is 4.65. The minimum absolute atomic E-state index is 0.141. The molecule has 0 amide bonds. The van der Waals surface area contributed by atoms with Crippen molar-refractivity contribution in [3.63, 3.8) is 0 Å². The van der Waals surface area contributed by atoms with E-state index in [0.717, 1.165) is 22.3 Å².